The van der Waals surface area contributed by atoms with E-state index >= 15 is 0 Å². The van der Waals surface area contributed by atoms with E-state index in [4.69, 9.17) is 5.11 Å². The van der Waals surface area contributed by atoms with Crippen molar-refractivity contribution in [1.29, 1.82) is 0 Å². The number of para-hydroxylation sites is 1. The number of aryl methyl sites for hydroxylation is 2. The van der Waals surface area contributed by atoms with Gasteiger partial charge in [-0.05, 0) is 71.5 Å². The van der Waals surface area contributed by atoms with Gasteiger partial charge in [-0.15, -0.1) is 0 Å². The first-order valence-corrected chi connectivity index (χ1v) is 10.7. The molecule has 174 valence electrons. The molecule has 3 aromatic carbocycles. The predicted octanol–water partition coefficient (Wildman–Crippen LogP) is 6.78. The van der Waals surface area contributed by atoms with E-state index in [0.29, 0.717) is 17.5 Å². The molecule has 0 radical (unpaired) electrons. The van der Waals surface area contributed by atoms with E-state index in [2.05, 4.69) is 10.3 Å². The number of aliphatic carboxylic acids is 1. The van der Waals surface area contributed by atoms with Gasteiger partial charge in [-0.2, -0.15) is 13.2 Å². The summed E-state index contributed by atoms with van der Waals surface area (Å²) >= 11 is 0. The van der Waals surface area contributed by atoms with Crippen LogP contribution in [0.15, 0.2) is 66.9 Å². The number of nitrogens with one attached hydrogen (secondary N) is 1. The highest BCUT2D eigenvalue weighted by atomic mass is 19.4. The van der Waals surface area contributed by atoms with Gasteiger partial charge in [-0.1, -0.05) is 36.4 Å². The Morgan fingerprint density at radius 3 is 2.50 bits per heavy atom. The van der Waals surface area contributed by atoms with Gasteiger partial charge in [0.1, 0.15) is 0 Å². The van der Waals surface area contributed by atoms with E-state index in [0.717, 1.165) is 39.6 Å². The molecule has 0 amide bonds. The third-order valence-electron chi connectivity index (χ3n) is 5.82. The number of nitrogens with zero attached hydrogens (tertiary/aromatic N) is 1. The summed E-state index contributed by atoms with van der Waals surface area (Å²) in [5, 5.41) is 12.9. The summed E-state index contributed by atoms with van der Waals surface area (Å²) in [6.45, 7) is 4.31. The van der Waals surface area contributed by atoms with E-state index in [1.807, 2.05) is 50.2 Å². The lowest BCUT2D eigenvalue weighted by atomic mass is 9.97. The Hall–Kier alpha value is -3.87. The smallest absolute Gasteiger partial charge is 0.418 e. The summed E-state index contributed by atoms with van der Waals surface area (Å²) < 4.78 is 40.3. The van der Waals surface area contributed by atoms with Crippen LogP contribution in [-0.4, -0.2) is 16.1 Å². The van der Waals surface area contributed by atoms with E-state index in [-0.39, 0.29) is 11.9 Å². The summed E-state index contributed by atoms with van der Waals surface area (Å²) in [5.41, 5.74) is 5.15. The van der Waals surface area contributed by atoms with Crippen LogP contribution in [0.5, 0.6) is 0 Å². The van der Waals surface area contributed by atoms with Crippen LogP contribution in [-0.2, 0) is 23.9 Å². The topological polar surface area (TPSA) is 62.2 Å². The number of halogens is 3. The molecule has 0 aliphatic carbocycles. The number of rotatable bonds is 6. The number of carbonyl (C=O) groups is 1. The van der Waals surface area contributed by atoms with Crippen LogP contribution in [0.2, 0.25) is 0 Å². The van der Waals surface area contributed by atoms with Crippen molar-refractivity contribution in [3.63, 3.8) is 0 Å². The third kappa shape index (κ3) is 4.88. The highest BCUT2D eigenvalue weighted by molar-refractivity contribution is 5.96. The molecular formula is C27H23F3N2O2. The molecule has 0 atom stereocenters. The fourth-order valence-electron chi connectivity index (χ4n) is 4.12. The van der Waals surface area contributed by atoms with Gasteiger partial charge in [-0.3, -0.25) is 9.78 Å². The van der Waals surface area contributed by atoms with Gasteiger partial charge in [0, 0.05) is 23.8 Å². The first kappa shape index (κ1) is 23.3. The quantitative estimate of drug-likeness (QED) is 0.330. The number of hydrogen-bond donors (Lipinski definition) is 2. The van der Waals surface area contributed by atoms with Gasteiger partial charge in [0.15, 0.2) is 0 Å². The fraction of sp³-hybridized carbons (Fsp3) is 0.185. The number of carboxylic acid groups (broad SMARTS) is 1. The molecule has 2 N–H and O–H groups in total. The summed E-state index contributed by atoms with van der Waals surface area (Å²) in [4.78, 5) is 15.1. The Morgan fingerprint density at radius 2 is 1.76 bits per heavy atom. The Kier molecular flexibility index (Phi) is 6.28. The lowest BCUT2D eigenvalue weighted by Crippen LogP contribution is -2.06. The maximum atomic E-state index is 13.4. The van der Waals surface area contributed by atoms with E-state index in [9.17, 15) is 18.0 Å². The zero-order valence-corrected chi connectivity index (χ0v) is 18.7. The van der Waals surface area contributed by atoms with Gasteiger partial charge in [0.05, 0.1) is 17.5 Å². The van der Waals surface area contributed by atoms with E-state index in [1.165, 1.54) is 12.3 Å². The van der Waals surface area contributed by atoms with Crippen molar-refractivity contribution in [1.82, 2.24) is 4.98 Å². The van der Waals surface area contributed by atoms with Crippen LogP contribution in [0.1, 0.15) is 27.8 Å². The maximum Gasteiger partial charge on any atom is 0.418 e. The molecular weight excluding hydrogens is 441 g/mol. The summed E-state index contributed by atoms with van der Waals surface area (Å²) in [6.07, 6.45) is -3.10. The monoisotopic (exact) mass is 464 g/mol. The first-order valence-electron chi connectivity index (χ1n) is 10.7. The molecule has 0 saturated heterocycles. The molecule has 0 aliphatic rings. The standard InChI is InChI=1S/C27H23F3N2O2/c1-16-12-24(17(2)11-20(16)14-25(33)34)32-15-18-5-3-6-19(13-18)21-9-10-31-26-22(21)7-4-8-23(26)27(28,29)30/h3-13,32H,14-15H2,1-2H3,(H,33,34). The van der Waals surface area contributed by atoms with Gasteiger partial charge in [-0.25, -0.2) is 0 Å². The van der Waals surface area contributed by atoms with E-state index < -0.39 is 17.7 Å². The average Bonchev–Trinajstić information content (AvgIpc) is 2.78. The van der Waals surface area contributed by atoms with Gasteiger partial charge in [0.25, 0.3) is 0 Å². The maximum absolute atomic E-state index is 13.4. The second-order valence-corrected chi connectivity index (χ2v) is 8.28. The summed E-state index contributed by atoms with van der Waals surface area (Å²) in [5.74, 6) is -0.869. The third-order valence-corrected chi connectivity index (χ3v) is 5.82. The lowest BCUT2D eigenvalue weighted by Gasteiger charge is -2.15. The second kappa shape index (κ2) is 9.17. The molecule has 1 heterocycles. The molecule has 0 unspecified atom stereocenters. The molecule has 0 spiro atoms. The number of alkyl halides is 3. The minimum absolute atomic E-state index is 0.0229. The zero-order chi connectivity index (χ0) is 24.5. The largest absolute Gasteiger partial charge is 0.481 e. The number of carboxylic acids is 1. The molecule has 4 aromatic rings. The van der Waals surface area contributed by atoms with Gasteiger partial charge in [0.2, 0.25) is 0 Å². The minimum atomic E-state index is -4.48. The van der Waals surface area contributed by atoms with Crippen LogP contribution >= 0.6 is 0 Å². The van der Waals surface area contributed by atoms with E-state index in [1.54, 1.807) is 12.1 Å². The SMILES string of the molecule is Cc1cc(NCc2cccc(-c3ccnc4c(C(F)(F)F)cccc34)c2)c(C)cc1CC(=O)O. The van der Waals surface area contributed by atoms with Crippen LogP contribution in [0.4, 0.5) is 18.9 Å². The number of pyridine rings is 1. The number of aromatic nitrogens is 1. The Labute approximate surface area is 195 Å². The highest BCUT2D eigenvalue weighted by Crippen LogP contribution is 2.37. The molecule has 7 heteroatoms. The van der Waals surface area contributed by atoms with Crippen molar-refractivity contribution >= 4 is 22.6 Å². The summed E-state index contributed by atoms with van der Waals surface area (Å²) in [7, 11) is 0. The lowest BCUT2D eigenvalue weighted by molar-refractivity contribution is -0.137. The van der Waals surface area contributed by atoms with Crippen molar-refractivity contribution in [2.45, 2.75) is 33.0 Å². The van der Waals surface area contributed by atoms with Gasteiger partial charge >= 0.3 is 12.1 Å². The number of anilines is 1. The Bertz CT molecular complexity index is 1380. The molecule has 4 rings (SSSR count). The second-order valence-electron chi connectivity index (χ2n) is 8.28. The van der Waals surface area contributed by atoms with Crippen LogP contribution in [0.25, 0.3) is 22.0 Å². The Balaban J connectivity index is 1.62. The van der Waals surface area contributed by atoms with Crippen LogP contribution in [0.3, 0.4) is 0 Å². The predicted molar refractivity (Wildman–Crippen MR) is 127 cm³/mol. The molecule has 1 aromatic heterocycles. The fourth-order valence-corrected chi connectivity index (χ4v) is 4.12. The molecule has 0 saturated carbocycles. The van der Waals surface area contributed by atoms with Crippen molar-refractivity contribution in [3.05, 3.63) is 94.7 Å². The average molecular weight is 464 g/mol. The molecule has 34 heavy (non-hydrogen) atoms. The molecule has 0 aliphatic heterocycles. The van der Waals surface area contributed by atoms with Crippen molar-refractivity contribution < 1.29 is 23.1 Å². The highest BCUT2D eigenvalue weighted by Gasteiger charge is 2.33. The van der Waals surface area contributed by atoms with Crippen LogP contribution in [0, 0.1) is 13.8 Å². The number of benzene rings is 3. The number of fused-ring (bicyclic) bond motifs is 1. The normalized spacial score (nSPS) is 11.6. The zero-order valence-electron chi connectivity index (χ0n) is 18.7. The minimum Gasteiger partial charge on any atom is -0.481 e. The number of hydrogen-bond acceptors (Lipinski definition) is 3. The van der Waals surface area contributed by atoms with Crippen molar-refractivity contribution in [3.8, 4) is 11.1 Å². The van der Waals surface area contributed by atoms with Crippen molar-refractivity contribution in [2.75, 3.05) is 5.32 Å². The van der Waals surface area contributed by atoms with Gasteiger partial charge < -0.3 is 10.4 Å². The first-order chi connectivity index (χ1) is 16.1. The summed E-state index contributed by atoms with van der Waals surface area (Å²) in [6, 6.07) is 17.3. The molecule has 0 bridgehead atoms. The molecule has 4 nitrogen and oxygen atoms in total. The molecule has 0 fully saturated rings. The Morgan fingerprint density at radius 1 is 1.00 bits per heavy atom. The van der Waals surface area contributed by atoms with Crippen LogP contribution < -0.4 is 5.32 Å². The van der Waals surface area contributed by atoms with Crippen molar-refractivity contribution in [2.24, 2.45) is 0 Å².